The number of fused-ring (bicyclic) bond motifs is 1. The van der Waals surface area contributed by atoms with Gasteiger partial charge in [0, 0.05) is 23.6 Å². The van der Waals surface area contributed by atoms with Crippen LogP contribution in [0.15, 0.2) is 23.1 Å². The highest BCUT2D eigenvalue weighted by Gasteiger charge is 2.05. The minimum absolute atomic E-state index is 0.163. The first-order valence-corrected chi connectivity index (χ1v) is 5.64. The quantitative estimate of drug-likeness (QED) is 0.933. The molecule has 1 N–H and O–H groups in total. The second-order valence-electron chi connectivity index (χ2n) is 3.43. The molecule has 2 aromatic heterocycles. The van der Waals surface area contributed by atoms with Crippen molar-refractivity contribution in [2.24, 2.45) is 0 Å². The van der Waals surface area contributed by atoms with Gasteiger partial charge in [-0.3, -0.25) is 4.79 Å². The maximum Gasteiger partial charge on any atom is 0.303 e. The van der Waals surface area contributed by atoms with Gasteiger partial charge < -0.3 is 9.67 Å². The predicted octanol–water partition coefficient (Wildman–Crippen LogP) is 2.06. The highest BCUT2D eigenvalue weighted by Crippen LogP contribution is 2.16. The molecule has 0 amide bonds. The Labute approximate surface area is 100 Å². The lowest BCUT2D eigenvalue weighted by atomic mass is 10.3. The number of carboxylic acids is 1. The number of aromatic nitrogens is 3. The Hall–Kier alpha value is -1.43. The van der Waals surface area contributed by atoms with E-state index < -0.39 is 5.97 Å². The first-order chi connectivity index (χ1) is 7.66. The van der Waals surface area contributed by atoms with Gasteiger partial charge in [0.1, 0.15) is 5.52 Å². The molecular weight excluding hydrogens is 274 g/mol. The average Bonchev–Trinajstić information content (AvgIpc) is 2.60. The molecule has 2 aromatic rings. The maximum atomic E-state index is 10.4. The van der Waals surface area contributed by atoms with E-state index in [1.807, 2.05) is 10.6 Å². The SMILES string of the molecule is O=C(O)CCCn1cnc2cc(Br)cnc21. The number of rotatable bonds is 4. The zero-order valence-electron chi connectivity index (χ0n) is 8.43. The molecule has 0 spiro atoms. The van der Waals surface area contributed by atoms with Gasteiger partial charge >= 0.3 is 5.97 Å². The summed E-state index contributed by atoms with van der Waals surface area (Å²) in [5.41, 5.74) is 1.60. The molecule has 0 aliphatic heterocycles. The van der Waals surface area contributed by atoms with Gasteiger partial charge in [-0.25, -0.2) is 9.97 Å². The monoisotopic (exact) mass is 283 g/mol. The van der Waals surface area contributed by atoms with Crippen LogP contribution >= 0.6 is 15.9 Å². The molecule has 5 nitrogen and oxygen atoms in total. The minimum atomic E-state index is -0.778. The van der Waals surface area contributed by atoms with Crippen molar-refractivity contribution in [2.75, 3.05) is 0 Å². The standard InChI is InChI=1S/C10H10BrN3O2/c11-7-4-8-10(12-5-7)14(6-13-8)3-1-2-9(15)16/h4-6H,1-3H2,(H,15,16). The topological polar surface area (TPSA) is 68.0 Å². The van der Waals surface area contributed by atoms with Gasteiger partial charge in [0.15, 0.2) is 5.65 Å². The second-order valence-corrected chi connectivity index (χ2v) is 4.35. The fourth-order valence-electron chi connectivity index (χ4n) is 1.49. The third-order valence-electron chi connectivity index (χ3n) is 2.21. The number of pyridine rings is 1. The molecule has 84 valence electrons. The van der Waals surface area contributed by atoms with Crippen LogP contribution in [0.4, 0.5) is 0 Å². The molecule has 0 saturated carbocycles. The van der Waals surface area contributed by atoms with Gasteiger partial charge in [-0.05, 0) is 28.4 Å². The summed E-state index contributed by atoms with van der Waals surface area (Å²) in [6.07, 6.45) is 4.14. The smallest absolute Gasteiger partial charge is 0.303 e. The lowest BCUT2D eigenvalue weighted by Gasteiger charge is -2.01. The minimum Gasteiger partial charge on any atom is -0.481 e. The van der Waals surface area contributed by atoms with Crippen LogP contribution in [0.1, 0.15) is 12.8 Å². The van der Waals surface area contributed by atoms with Crippen molar-refractivity contribution in [1.29, 1.82) is 0 Å². The zero-order chi connectivity index (χ0) is 11.5. The number of nitrogens with zero attached hydrogens (tertiary/aromatic N) is 3. The lowest BCUT2D eigenvalue weighted by Crippen LogP contribution is -2.01. The molecule has 6 heteroatoms. The Bertz CT molecular complexity index is 524. The van der Waals surface area contributed by atoms with E-state index in [9.17, 15) is 4.79 Å². The van der Waals surface area contributed by atoms with E-state index in [1.165, 1.54) is 0 Å². The number of aliphatic carboxylic acids is 1. The van der Waals surface area contributed by atoms with Crippen molar-refractivity contribution < 1.29 is 9.90 Å². The van der Waals surface area contributed by atoms with Crippen molar-refractivity contribution in [2.45, 2.75) is 19.4 Å². The Balaban J connectivity index is 2.15. The molecule has 16 heavy (non-hydrogen) atoms. The first kappa shape index (κ1) is 11.1. The molecule has 0 radical (unpaired) electrons. The molecule has 2 heterocycles. The average molecular weight is 284 g/mol. The highest BCUT2D eigenvalue weighted by molar-refractivity contribution is 9.10. The van der Waals surface area contributed by atoms with E-state index in [-0.39, 0.29) is 6.42 Å². The molecule has 2 rings (SSSR count). The van der Waals surface area contributed by atoms with Gasteiger partial charge in [-0.2, -0.15) is 0 Å². The molecule has 0 aromatic carbocycles. The Morgan fingerprint density at radius 3 is 3.06 bits per heavy atom. The Kier molecular flexibility index (Phi) is 3.19. The number of carbonyl (C=O) groups is 1. The van der Waals surface area contributed by atoms with Crippen LogP contribution in [0.3, 0.4) is 0 Å². The third kappa shape index (κ3) is 2.38. The summed E-state index contributed by atoms with van der Waals surface area (Å²) in [4.78, 5) is 18.8. The van der Waals surface area contributed by atoms with Crippen LogP contribution < -0.4 is 0 Å². The van der Waals surface area contributed by atoms with Gasteiger partial charge in [0.25, 0.3) is 0 Å². The molecule has 0 bridgehead atoms. The molecule has 0 aliphatic carbocycles. The van der Waals surface area contributed by atoms with Gasteiger partial charge in [-0.1, -0.05) is 0 Å². The van der Waals surface area contributed by atoms with E-state index in [2.05, 4.69) is 25.9 Å². The molecule has 0 fully saturated rings. The number of aryl methyl sites for hydroxylation is 1. The van der Waals surface area contributed by atoms with Crippen LogP contribution in [0, 0.1) is 0 Å². The van der Waals surface area contributed by atoms with Gasteiger partial charge in [0.2, 0.25) is 0 Å². The van der Waals surface area contributed by atoms with Crippen molar-refractivity contribution in [3.8, 4) is 0 Å². The van der Waals surface area contributed by atoms with Gasteiger partial charge in [-0.15, -0.1) is 0 Å². The van der Waals surface area contributed by atoms with Crippen LogP contribution in [-0.2, 0) is 11.3 Å². The van der Waals surface area contributed by atoms with Crippen LogP contribution in [0.5, 0.6) is 0 Å². The third-order valence-corrected chi connectivity index (χ3v) is 2.65. The van der Waals surface area contributed by atoms with E-state index in [4.69, 9.17) is 5.11 Å². The Morgan fingerprint density at radius 2 is 2.31 bits per heavy atom. The highest BCUT2D eigenvalue weighted by atomic mass is 79.9. The number of hydrogen-bond acceptors (Lipinski definition) is 3. The molecule has 0 unspecified atom stereocenters. The van der Waals surface area contributed by atoms with E-state index in [0.29, 0.717) is 13.0 Å². The largest absolute Gasteiger partial charge is 0.481 e. The number of hydrogen-bond donors (Lipinski definition) is 1. The summed E-state index contributed by atoms with van der Waals surface area (Å²) >= 11 is 3.32. The molecular formula is C10H10BrN3O2. The Morgan fingerprint density at radius 1 is 1.50 bits per heavy atom. The lowest BCUT2D eigenvalue weighted by molar-refractivity contribution is -0.137. The van der Waals surface area contributed by atoms with Crippen molar-refractivity contribution >= 4 is 33.1 Å². The fourth-order valence-corrected chi connectivity index (χ4v) is 1.81. The number of halogens is 1. The predicted molar refractivity (Wildman–Crippen MR) is 62.1 cm³/mol. The fraction of sp³-hybridized carbons (Fsp3) is 0.300. The summed E-state index contributed by atoms with van der Waals surface area (Å²) in [5.74, 6) is -0.778. The summed E-state index contributed by atoms with van der Waals surface area (Å²) in [6, 6.07) is 1.88. The number of carboxylic acid groups (broad SMARTS) is 1. The normalized spacial score (nSPS) is 10.8. The second kappa shape index (κ2) is 4.61. The summed E-state index contributed by atoms with van der Waals surface area (Å²) in [6.45, 7) is 0.622. The molecule has 0 saturated heterocycles. The summed E-state index contributed by atoms with van der Waals surface area (Å²) in [7, 11) is 0. The van der Waals surface area contributed by atoms with Crippen molar-refractivity contribution in [3.05, 3.63) is 23.1 Å². The molecule has 0 aliphatic rings. The van der Waals surface area contributed by atoms with E-state index in [0.717, 1.165) is 15.6 Å². The summed E-state index contributed by atoms with van der Waals surface area (Å²) in [5, 5.41) is 8.55. The van der Waals surface area contributed by atoms with Crippen LogP contribution in [0.2, 0.25) is 0 Å². The van der Waals surface area contributed by atoms with Crippen LogP contribution in [-0.4, -0.2) is 25.6 Å². The van der Waals surface area contributed by atoms with E-state index in [1.54, 1.807) is 12.5 Å². The van der Waals surface area contributed by atoms with Crippen molar-refractivity contribution in [3.63, 3.8) is 0 Å². The van der Waals surface area contributed by atoms with Crippen molar-refractivity contribution in [1.82, 2.24) is 14.5 Å². The number of imidazole rings is 1. The van der Waals surface area contributed by atoms with Gasteiger partial charge in [0.05, 0.1) is 6.33 Å². The molecule has 0 atom stereocenters. The van der Waals surface area contributed by atoms with E-state index >= 15 is 0 Å². The van der Waals surface area contributed by atoms with Crippen LogP contribution in [0.25, 0.3) is 11.2 Å². The zero-order valence-corrected chi connectivity index (χ0v) is 10.0. The maximum absolute atomic E-state index is 10.4. The first-order valence-electron chi connectivity index (χ1n) is 4.85. The summed E-state index contributed by atoms with van der Waals surface area (Å²) < 4.78 is 2.75.